The molecule has 0 aromatic rings. The largest absolute Gasteiger partial charge is 0.394 e. The Balaban J connectivity index is 0. The summed E-state index contributed by atoms with van der Waals surface area (Å²) >= 11 is 1.68. The van der Waals surface area contributed by atoms with E-state index in [1.54, 1.807) is 11.8 Å². The summed E-state index contributed by atoms with van der Waals surface area (Å²) in [6.45, 7) is 5.11. The fourth-order valence-corrected chi connectivity index (χ4v) is 2.41. The predicted octanol–water partition coefficient (Wildman–Crippen LogP) is 1.19. The molecule has 0 aliphatic rings. The topological polar surface area (TPSA) is 69.9 Å². The van der Waals surface area contributed by atoms with Gasteiger partial charge in [0, 0.05) is 32.7 Å². The van der Waals surface area contributed by atoms with Crippen molar-refractivity contribution in [2.45, 2.75) is 50.3 Å². The van der Waals surface area contributed by atoms with Crippen LogP contribution >= 0.6 is 11.8 Å². The molecule has 3 atom stereocenters. The van der Waals surface area contributed by atoms with Gasteiger partial charge in [0.15, 0.2) is 0 Å². The van der Waals surface area contributed by atoms with Gasteiger partial charge in [-0.05, 0) is 18.6 Å². The van der Waals surface area contributed by atoms with Crippen molar-refractivity contribution in [2.75, 3.05) is 19.0 Å². The normalized spacial score (nSPS) is 15.8. The van der Waals surface area contributed by atoms with Gasteiger partial charge in [0.05, 0.1) is 13.2 Å². The van der Waals surface area contributed by atoms with E-state index in [2.05, 4.69) is 6.92 Å². The number of unbranched alkanes of at least 4 members (excludes halogenated alkanes) is 2. The molecule has 0 fully saturated rings. The molecule has 0 heterocycles. The van der Waals surface area contributed by atoms with Gasteiger partial charge in [-0.3, -0.25) is 0 Å². The van der Waals surface area contributed by atoms with Crippen LogP contribution in [0.1, 0.15) is 32.6 Å². The first-order valence-corrected chi connectivity index (χ1v) is 7.20. The summed E-state index contributed by atoms with van der Waals surface area (Å²) in [5.74, 6) is 0.987. The number of aliphatic hydroxyl groups is 3. The van der Waals surface area contributed by atoms with Crippen LogP contribution in [0.3, 0.4) is 0 Å². The number of ether oxygens (including phenoxy) is 1. The standard InChI is InChI=1S/C12H25O4S.Y/c1-3-5-6-7-17-12(4-2)16-11(9-14)10(15)8-13;/h10-15H,1,3-9H2,2H3;/q-1;. The maximum absolute atomic E-state index is 9.42. The van der Waals surface area contributed by atoms with Gasteiger partial charge in [-0.25, -0.2) is 0 Å². The molecule has 0 saturated heterocycles. The third kappa shape index (κ3) is 10.1. The molecule has 0 amide bonds. The number of hydrogen-bond acceptors (Lipinski definition) is 5. The van der Waals surface area contributed by atoms with Gasteiger partial charge in [-0.1, -0.05) is 13.3 Å². The number of thioether (sulfide) groups is 1. The first-order chi connectivity index (χ1) is 8.19. The van der Waals surface area contributed by atoms with Gasteiger partial charge in [0.25, 0.3) is 0 Å². The SMILES string of the molecule is [CH2-]CCCCSC(CC)OC(CO)C(O)CO.[Y]. The summed E-state index contributed by atoms with van der Waals surface area (Å²) in [6.07, 6.45) is 2.23. The second kappa shape index (κ2) is 14.7. The van der Waals surface area contributed by atoms with Gasteiger partial charge < -0.3 is 27.0 Å². The Hall–Kier alpha value is 1.29. The van der Waals surface area contributed by atoms with Crippen LogP contribution in [0.25, 0.3) is 0 Å². The van der Waals surface area contributed by atoms with Crippen LogP contribution in [0.15, 0.2) is 0 Å². The summed E-state index contributed by atoms with van der Waals surface area (Å²) in [4.78, 5) is 0. The van der Waals surface area contributed by atoms with Crippen LogP contribution in [0.2, 0.25) is 0 Å². The van der Waals surface area contributed by atoms with E-state index in [0.717, 1.165) is 31.4 Å². The number of rotatable bonds is 11. The summed E-state index contributed by atoms with van der Waals surface area (Å²) in [6, 6.07) is 0. The summed E-state index contributed by atoms with van der Waals surface area (Å²) in [5.41, 5.74) is -0.0434. The maximum Gasteiger partial charge on any atom is 0.110 e. The average Bonchev–Trinajstić information content (AvgIpc) is 2.37. The van der Waals surface area contributed by atoms with Gasteiger partial charge in [0.1, 0.15) is 17.6 Å². The van der Waals surface area contributed by atoms with E-state index in [9.17, 15) is 5.11 Å². The molecule has 0 aromatic heterocycles. The van der Waals surface area contributed by atoms with Gasteiger partial charge in [0.2, 0.25) is 0 Å². The Morgan fingerprint density at radius 1 is 1.22 bits per heavy atom. The van der Waals surface area contributed by atoms with Crippen molar-refractivity contribution < 1.29 is 52.8 Å². The van der Waals surface area contributed by atoms with Crippen LogP contribution in [0, 0.1) is 6.92 Å². The minimum atomic E-state index is -1.02. The molecule has 0 saturated carbocycles. The molecule has 1 radical (unpaired) electrons. The average molecular weight is 354 g/mol. The second-order valence-electron chi connectivity index (χ2n) is 3.88. The van der Waals surface area contributed by atoms with E-state index in [4.69, 9.17) is 14.9 Å². The molecule has 0 aromatic carbocycles. The Morgan fingerprint density at radius 2 is 1.89 bits per heavy atom. The fourth-order valence-electron chi connectivity index (χ4n) is 1.31. The minimum Gasteiger partial charge on any atom is -0.394 e. The molecule has 0 bridgehead atoms. The first-order valence-electron chi connectivity index (χ1n) is 6.15. The Morgan fingerprint density at radius 3 is 2.33 bits per heavy atom. The predicted molar refractivity (Wildman–Crippen MR) is 70.8 cm³/mol. The van der Waals surface area contributed by atoms with E-state index in [-0.39, 0.29) is 44.8 Å². The molecule has 0 rings (SSSR count). The summed E-state index contributed by atoms with van der Waals surface area (Å²) in [7, 11) is 0. The third-order valence-corrected chi connectivity index (χ3v) is 3.74. The van der Waals surface area contributed by atoms with Crippen molar-refractivity contribution in [2.24, 2.45) is 0 Å². The maximum atomic E-state index is 9.42. The zero-order chi connectivity index (χ0) is 13.1. The minimum absolute atomic E-state index is 0. The molecule has 18 heavy (non-hydrogen) atoms. The zero-order valence-electron chi connectivity index (χ0n) is 11.1. The molecule has 0 aliphatic carbocycles. The van der Waals surface area contributed by atoms with Crippen molar-refractivity contribution in [3.63, 3.8) is 0 Å². The molecule has 107 valence electrons. The molecular formula is C12H25O4SY-. The first kappa shape index (κ1) is 21.6. The van der Waals surface area contributed by atoms with Crippen molar-refractivity contribution in [1.82, 2.24) is 0 Å². The molecule has 6 heteroatoms. The molecular weight excluding hydrogens is 329 g/mol. The Kier molecular flexibility index (Phi) is 17.6. The fraction of sp³-hybridized carbons (Fsp3) is 0.917. The molecule has 4 nitrogen and oxygen atoms in total. The monoisotopic (exact) mass is 354 g/mol. The van der Waals surface area contributed by atoms with Gasteiger partial charge in [-0.15, -0.1) is 11.8 Å². The Bertz CT molecular complexity index is 174. The second-order valence-corrected chi connectivity index (χ2v) is 5.14. The molecule has 0 spiro atoms. The quantitative estimate of drug-likeness (QED) is 0.295. The van der Waals surface area contributed by atoms with Crippen LogP contribution in [-0.2, 0) is 37.4 Å². The number of aliphatic hydroxyl groups excluding tert-OH is 3. The zero-order valence-corrected chi connectivity index (χ0v) is 14.8. The van der Waals surface area contributed by atoms with Crippen molar-refractivity contribution in [3.05, 3.63) is 6.92 Å². The molecule has 0 aliphatic heterocycles. The van der Waals surface area contributed by atoms with E-state index >= 15 is 0 Å². The third-order valence-electron chi connectivity index (χ3n) is 2.40. The van der Waals surface area contributed by atoms with Crippen molar-refractivity contribution in [3.8, 4) is 0 Å². The van der Waals surface area contributed by atoms with Gasteiger partial charge >= 0.3 is 0 Å². The smallest absolute Gasteiger partial charge is 0.110 e. The van der Waals surface area contributed by atoms with Crippen molar-refractivity contribution in [1.29, 1.82) is 0 Å². The van der Waals surface area contributed by atoms with Crippen LogP contribution in [-0.4, -0.2) is 51.9 Å². The van der Waals surface area contributed by atoms with Crippen LogP contribution in [0.5, 0.6) is 0 Å². The molecule has 3 N–H and O–H groups in total. The van der Waals surface area contributed by atoms with E-state index in [1.807, 2.05) is 6.92 Å². The van der Waals surface area contributed by atoms with E-state index in [0.29, 0.717) is 0 Å². The molecule has 3 unspecified atom stereocenters. The van der Waals surface area contributed by atoms with Crippen LogP contribution in [0.4, 0.5) is 0 Å². The van der Waals surface area contributed by atoms with Gasteiger partial charge in [-0.2, -0.15) is 6.42 Å². The number of hydrogen-bond donors (Lipinski definition) is 3. The summed E-state index contributed by atoms with van der Waals surface area (Å²) < 4.78 is 5.57. The van der Waals surface area contributed by atoms with E-state index < -0.39 is 18.8 Å². The van der Waals surface area contributed by atoms with Crippen LogP contribution < -0.4 is 0 Å². The Labute approximate surface area is 140 Å². The van der Waals surface area contributed by atoms with E-state index in [1.165, 1.54) is 0 Å². The summed E-state index contributed by atoms with van der Waals surface area (Å²) in [5, 5.41) is 27.3. The van der Waals surface area contributed by atoms with Crippen molar-refractivity contribution >= 4 is 11.8 Å².